The number of hydrogen-bond acceptors (Lipinski definition) is 2. The lowest BCUT2D eigenvalue weighted by Crippen LogP contribution is -2.13. The number of aliphatic imine (C=N–C) groups is 1. The van der Waals surface area contributed by atoms with Gasteiger partial charge in [0.15, 0.2) is 0 Å². The molecule has 0 aromatic rings. The van der Waals surface area contributed by atoms with Crippen molar-refractivity contribution in [1.82, 2.24) is 4.90 Å². The van der Waals surface area contributed by atoms with E-state index >= 15 is 0 Å². The molecule has 0 aromatic heterocycles. The van der Waals surface area contributed by atoms with Crippen molar-refractivity contribution < 1.29 is 0 Å². The summed E-state index contributed by atoms with van der Waals surface area (Å²) in [7, 11) is 4.14. The standard InChI is InChI=1S/C8H16N2/c1-4-6-9-7-5-8-10(2)3/h4H,5,7-8H2,1-3H3. The summed E-state index contributed by atoms with van der Waals surface area (Å²) >= 11 is 0. The van der Waals surface area contributed by atoms with Gasteiger partial charge in [0.05, 0.1) is 0 Å². The number of rotatable bonds is 4. The smallest absolute Gasteiger partial charge is 0.0496 e. The molecule has 0 spiro atoms. The van der Waals surface area contributed by atoms with Gasteiger partial charge in [-0.15, -0.1) is 0 Å². The van der Waals surface area contributed by atoms with Gasteiger partial charge in [0.25, 0.3) is 0 Å². The minimum Gasteiger partial charge on any atom is -0.309 e. The Labute approximate surface area is 63.3 Å². The van der Waals surface area contributed by atoms with Gasteiger partial charge >= 0.3 is 0 Å². The van der Waals surface area contributed by atoms with Crippen LogP contribution in [-0.4, -0.2) is 38.0 Å². The van der Waals surface area contributed by atoms with Gasteiger partial charge in [0.2, 0.25) is 0 Å². The molecule has 0 N–H and O–H groups in total. The predicted molar refractivity (Wildman–Crippen MR) is 45.7 cm³/mol. The van der Waals surface area contributed by atoms with E-state index in [0.717, 1.165) is 19.5 Å². The van der Waals surface area contributed by atoms with Crippen LogP contribution < -0.4 is 0 Å². The largest absolute Gasteiger partial charge is 0.309 e. The van der Waals surface area contributed by atoms with Gasteiger partial charge in [-0.1, -0.05) is 0 Å². The molecular formula is C8H16N2. The molecule has 0 atom stereocenters. The van der Waals surface area contributed by atoms with Crippen LogP contribution in [0, 0.1) is 0 Å². The number of nitrogens with zero attached hydrogens (tertiary/aromatic N) is 2. The van der Waals surface area contributed by atoms with Crippen molar-refractivity contribution in [2.24, 2.45) is 4.99 Å². The minimum absolute atomic E-state index is 0.891. The van der Waals surface area contributed by atoms with Gasteiger partial charge in [0, 0.05) is 6.54 Å². The lowest BCUT2D eigenvalue weighted by Gasteiger charge is -2.05. The Balaban J connectivity index is 3.13. The zero-order valence-corrected chi connectivity index (χ0v) is 7.09. The lowest BCUT2D eigenvalue weighted by atomic mass is 10.4. The molecule has 0 unspecified atom stereocenters. The highest BCUT2D eigenvalue weighted by Crippen LogP contribution is 1.82. The lowest BCUT2D eigenvalue weighted by molar-refractivity contribution is 0.403. The van der Waals surface area contributed by atoms with Crippen molar-refractivity contribution in [3.63, 3.8) is 0 Å². The van der Waals surface area contributed by atoms with E-state index in [1.807, 2.05) is 13.0 Å². The van der Waals surface area contributed by atoms with Crippen molar-refractivity contribution >= 4 is 5.87 Å². The van der Waals surface area contributed by atoms with Gasteiger partial charge < -0.3 is 4.90 Å². The fourth-order valence-electron chi connectivity index (χ4n) is 0.622. The summed E-state index contributed by atoms with van der Waals surface area (Å²) < 4.78 is 0. The van der Waals surface area contributed by atoms with Crippen molar-refractivity contribution in [2.45, 2.75) is 13.3 Å². The van der Waals surface area contributed by atoms with Crippen LogP contribution in [0.2, 0.25) is 0 Å². The molecule has 2 heteroatoms. The molecule has 2 nitrogen and oxygen atoms in total. The van der Waals surface area contributed by atoms with Crippen molar-refractivity contribution in [3.05, 3.63) is 6.08 Å². The van der Waals surface area contributed by atoms with Crippen LogP contribution in [0.5, 0.6) is 0 Å². The highest BCUT2D eigenvalue weighted by atomic mass is 15.0. The van der Waals surface area contributed by atoms with Crippen LogP contribution in [0.4, 0.5) is 0 Å². The highest BCUT2D eigenvalue weighted by molar-refractivity contribution is 5.50. The quantitative estimate of drug-likeness (QED) is 0.423. The molecule has 0 aliphatic heterocycles. The number of hydrogen-bond donors (Lipinski definition) is 0. The summed E-state index contributed by atoms with van der Waals surface area (Å²) in [5.74, 6) is 2.80. The Morgan fingerprint density at radius 3 is 2.70 bits per heavy atom. The van der Waals surface area contributed by atoms with E-state index in [-0.39, 0.29) is 0 Å². The number of allylic oxidation sites excluding steroid dienone is 1. The Morgan fingerprint density at radius 1 is 1.50 bits per heavy atom. The molecular weight excluding hydrogens is 124 g/mol. The van der Waals surface area contributed by atoms with Gasteiger partial charge in [-0.25, -0.2) is 4.99 Å². The van der Waals surface area contributed by atoms with E-state index in [1.54, 1.807) is 0 Å². The van der Waals surface area contributed by atoms with E-state index in [4.69, 9.17) is 0 Å². The SMILES string of the molecule is CC=C=NCCCN(C)C. The molecule has 0 aromatic carbocycles. The fraction of sp³-hybridized carbons (Fsp3) is 0.750. The van der Waals surface area contributed by atoms with E-state index in [9.17, 15) is 0 Å². The Bertz CT molecular complexity index is 121. The van der Waals surface area contributed by atoms with Crippen molar-refractivity contribution in [1.29, 1.82) is 0 Å². The molecule has 0 fully saturated rings. The van der Waals surface area contributed by atoms with E-state index in [2.05, 4.69) is 29.9 Å². The average Bonchev–Trinajstić information content (AvgIpc) is 1.87. The maximum atomic E-state index is 4.03. The maximum absolute atomic E-state index is 4.03. The summed E-state index contributed by atoms with van der Waals surface area (Å²) in [5.41, 5.74) is 0. The fourth-order valence-corrected chi connectivity index (χ4v) is 0.622. The zero-order valence-electron chi connectivity index (χ0n) is 7.09. The third-order valence-corrected chi connectivity index (χ3v) is 1.10. The molecule has 0 amide bonds. The first-order chi connectivity index (χ1) is 4.77. The summed E-state index contributed by atoms with van der Waals surface area (Å²) in [6, 6.07) is 0. The van der Waals surface area contributed by atoms with Crippen LogP contribution in [0.25, 0.3) is 0 Å². The van der Waals surface area contributed by atoms with Crippen molar-refractivity contribution in [3.8, 4) is 0 Å². The van der Waals surface area contributed by atoms with Crippen LogP contribution in [0.15, 0.2) is 11.1 Å². The molecule has 10 heavy (non-hydrogen) atoms. The van der Waals surface area contributed by atoms with Crippen LogP contribution >= 0.6 is 0 Å². The monoisotopic (exact) mass is 140 g/mol. The molecule has 0 saturated carbocycles. The highest BCUT2D eigenvalue weighted by Gasteiger charge is 1.86. The van der Waals surface area contributed by atoms with E-state index in [0.29, 0.717) is 0 Å². The second kappa shape index (κ2) is 6.53. The van der Waals surface area contributed by atoms with Gasteiger partial charge in [-0.2, -0.15) is 0 Å². The molecule has 0 heterocycles. The van der Waals surface area contributed by atoms with Crippen LogP contribution in [-0.2, 0) is 0 Å². The van der Waals surface area contributed by atoms with Crippen LogP contribution in [0.3, 0.4) is 0 Å². The van der Waals surface area contributed by atoms with Crippen molar-refractivity contribution in [2.75, 3.05) is 27.2 Å². The summed E-state index contributed by atoms with van der Waals surface area (Å²) in [5, 5.41) is 0. The molecule has 0 rings (SSSR count). The topological polar surface area (TPSA) is 15.6 Å². The first-order valence-electron chi connectivity index (χ1n) is 3.62. The third kappa shape index (κ3) is 7.41. The van der Waals surface area contributed by atoms with Gasteiger partial charge in [0.1, 0.15) is 0 Å². The third-order valence-electron chi connectivity index (χ3n) is 1.10. The molecule has 0 saturated heterocycles. The second-order valence-corrected chi connectivity index (χ2v) is 2.46. The average molecular weight is 140 g/mol. The first kappa shape index (κ1) is 9.41. The summed E-state index contributed by atoms with van der Waals surface area (Å²) in [6.45, 7) is 3.92. The van der Waals surface area contributed by atoms with Crippen LogP contribution in [0.1, 0.15) is 13.3 Å². The summed E-state index contributed by atoms with van der Waals surface area (Å²) in [4.78, 5) is 6.19. The minimum atomic E-state index is 0.891. The Hall–Kier alpha value is -0.590. The molecule has 0 aliphatic carbocycles. The van der Waals surface area contributed by atoms with E-state index < -0.39 is 0 Å². The maximum Gasteiger partial charge on any atom is 0.0496 e. The Morgan fingerprint density at radius 2 is 2.20 bits per heavy atom. The molecule has 0 aliphatic rings. The first-order valence-corrected chi connectivity index (χ1v) is 3.62. The van der Waals surface area contributed by atoms with Gasteiger partial charge in [-0.05, 0) is 45.9 Å². The molecule has 58 valence electrons. The molecule has 0 bridgehead atoms. The Kier molecular flexibility index (Phi) is 6.14. The molecule has 0 radical (unpaired) electrons. The van der Waals surface area contributed by atoms with E-state index in [1.165, 1.54) is 0 Å². The predicted octanol–water partition coefficient (Wildman–Crippen LogP) is 1.18. The second-order valence-electron chi connectivity index (χ2n) is 2.46. The van der Waals surface area contributed by atoms with Gasteiger partial charge in [-0.3, -0.25) is 0 Å². The normalized spacial score (nSPS) is 9.20. The zero-order chi connectivity index (χ0) is 7.82. The summed E-state index contributed by atoms with van der Waals surface area (Å²) in [6.07, 6.45) is 2.95.